The van der Waals surface area contributed by atoms with E-state index in [1.807, 2.05) is 20.8 Å². The average molecular weight is 385 g/mol. The Morgan fingerprint density at radius 3 is 2.26 bits per heavy atom. The molecule has 7 heteroatoms. The molecule has 0 aliphatic carbocycles. The molecule has 126 valence electrons. The van der Waals surface area contributed by atoms with Gasteiger partial charge in [0.2, 0.25) is 0 Å². The highest BCUT2D eigenvalue weighted by Crippen LogP contribution is 2.10. The molecule has 0 aliphatic heterocycles. The summed E-state index contributed by atoms with van der Waals surface area (Å²) in [6, 6.07) is 6.71. The minimum Gasteiger partial charge on any atom is -0.451 e. The minimum absolute atomic E-state index is 0.304. The van der Waals surface area contributed by atoms with Crippen molar-refractivity contribution in [2.45, 2.75) is 39.3 Å². The molecule has 1 aromatic rings. The molecule has 2 N–H and O–H groups in total. The maximum atomic E-state index is 11.9. The Bertz CT molecular complexity index is 579. The Morgan fingerprint density at radius 2 is 1.74 bits per heavy atom. The minimum atomic E-state index is -0.925. The summed E-state index contributed by atoms with van der Waals surface area (Å²) in [5.74, 6) is -1.45. The molecule has 1 unspecified atom stereocenters. The Labute approximate surface area is 144 Å². The molecule has 1 rings (SSSR count). The van der Waals surface area contributed by atoms with E-state index in [9.17, 15) is 14.4 Å². The number of hydrogen-bond donors (Lipinski definition) is 2. The SMILES string of the molecule is CC(OC(=O)CNC(=O)c1ccc(Br)cc1)C(=O)NC(C)(C)C. The number of esters is 1. The van der Waals surface area contributed by atoms with Gasteiger partial charge in [0.15, 0.2) is 6.10 Å². The second kappa shape index (κ2) is 8.10. The molecule has 23 heavy (non-hydrogen) atoms. The third-order valence-corrected chi connectivity index (χ3v) is 3.20. The molecule has 6 nitrogen and oxygen atoms in total. The molecule has 0 spiro atoms. The van der Waals surface area contributed by atoms with E-state index in [1.165, 1.54) is 6.92 Å². The van der Waals surface area contributed by atoms with Crippen molar-refractivity contribution in [1.29, 1.82) is 0 Å². The van der Waals surface area contributed by atoms with Gasteiger partial charge < -0.3 is 15.4 Å². The van der Waals surface area contributed by atoms with E-state index in [0.29, 0.717) is 5.56 Å². The number of hydrogen-bond acceptors (Lipinski definition) is 4. The van der Waals surface area contributed by atoms with Crippen molar-refractivity contribution in [3.63, 3.8) is 0 Å². The number of benzene rings is 1. The number of halogens is 1. The van der Waals surface area contributed by atoms with Crippen LogP contribution in [0.4, 0.5) is 0 Å². The van der Waals surface area contributed by atoms with Gasteiger partial charge in [-0.15, -0.1) is 0 Å². The molecule has 0 saturated carbocycles. The topological polar surface area (TPSA) is 84.5 Å². The van der Waals surface area contributed by atoms with Gasteiger partial charge in [-0.05, 0) is 52.0 Å². The van der Waals surface area contributed by atoms with Crippen LogP contribution in [0.2, 0.25) is 0 Å². The Balaban J connectivity index is 2.43. The molecular formula is C16H21BrN2O4. The molecule has 1 atom stereocenters. The second-order valence-electron chi connectivity index (χ2n) is 6.06. The van der Waals surface area contributed by atoms with Crippen LogP contribution in [0.5, 0.6) is 0 Å². The highest BCUT2D eigenvalue weighted by Gasteiger charge is 2.22. The lowest BCUT2D eigenvalue weighted by Crippen LogP contribution is -2.46. The van der Waals surface area contributed by atoms with E-state index < -0.39 is 17.6 Å². The summed E-state index contributed by atoms with van der Waals surface area (Å²) < 4.78 is 5.84. The number of nitrogens with one attached hydrogen (secondary N) is 2. The van der Waals surface area contributed by atoms with Gasteiger partial charge in [-0.3, -0.25) is 14.4 Å². The molecule has 0 aliphatic rings. The maximum absolute atomic E-state index is 11.9. The summed E-state index contributed by atoms with van der Waals surface area (Å²) in [7, 11) is 0. The van der Waals surface area contributed by atoms with Crippen LogP contribution in [0.25, 0.3) is 0 Å². The third kappa shape index (κ3) is 7.27. The van der Waals surface area contributed by atoms with Gasteiger partial charge in [-0.25, -0.2) is 0 Å². The Kier molecular flexibility index (Phi) is 6.75. The molecule has 0 radical (unpaired) electrons. The van der Waals surface area contributed by atoms with Gasteiger partial charge in [-0.1, -0.05) is 15.9 Å². The van der Waals surface area contributed by atoms with Crippen molar-refractivity contribution in [3.8, 4) is 0 Å². The average Bonchev–Trinajstić information content (AvgIpc) is 2.43. The van der Waals surface area contributed by atoms with E-state index in [2.05, 4.69) is 26.6 Å². The zero-order valence-electron chi connectivity index (χ0n) is 13.6. The van der Waals surface area contributed by atoms with Gasteiger partial charge in [0.05, 0.1) is 0 Å². The van der Waals surface area contributed by atoms with Crippen LogP contribution >= 0.6 is 15.9 Å². The van der Waals surface area contributed by atoms with Gasteiger partial charge in [-0.2, -0.15) is 0 Å². The molecule has 0 bridgehead atoms. The summed E-state index contributed by atoms with van der Waals surface area (Å²) in [5, 5.41) is 5.16. The summed E-state index contributed by atoms with van der Waals surface area (Å²) in [6.45, 7) is 6.67. The van der Waals surface area contributed by atoms with Crippen LogP contribution in [0.15, 0.2) is 28.7 Å². The molecule has 0 fully saturated rings. The number of amides is 2. The van der Waals surface area contributed by atoms with Crippen LogP contribution in [0, 0.1) is 0 Å². The monoisotopic (exact) mass is 384 g/mol. The van der Waals surface area contributed by atoms with Crippen molar-refractivity contribution in [3.05, 3.63) is 34.3 Å². The van der Waals surface area contributed by atoms with Crippen molar-refractivity contribution in [1.82, 2.24) is 10.6 Å². The zero-order chi connectivity index (χ0) is 17.6. The number of rotatable bonds is 5. The Hall–Kier alpha value is -1.89. The van der Waals surface area contributed by atoms with E-state index in [0.717, 1.165) is 4.47 Å². The predicted molar refractivity (Wildman–Crippen MR) is 89.9 cm³/mol. The molecule has 0 aromatic heterocycles. The van der Waals surface area contributed by atoms with Crippen molar-refractivity contribution >= 4 is 33.7 Å². The van der Waals surface area contributed by atoms with Crippen LogP contribution in [0.1, 0.15) is 38.1 Å². The van der Waals surface area contributed by atoms with E-state index >= 15 is 0 Å². The van der Waals surface area contributed by atoms with Crippen LogP contribution in [-0.2, 0) is 14.3 Å². The van der Waals surface area contributed by atoms with E-state index in [1.54, 1.807) is 24.3 Å². The fourth-order valence-electron chi connectivity index (χ4n) is 1.62. The highest BCUT2D eigenvalue weighted by atomic mass is 79.9. The van der Waals surface area contributed by atoms with E-state index in [4.69, 9.17) is 4.74 Å². The lowest BCUT2D eigenvalue weighted by Gasteiger charge is -2.23. The first-order chi connectivity index (χ1) is 10.6. The second-order valence-corrected chi connectivity index (χ2v) is 6.98. The number of ether oxygens (including phenoxy) is 1. The summed E-state index contributed by atoms with van der Waals surface area (Å²) in [6.07, 6.45) is -0.925. The molecule has 2 amide bonds. The summed E-state index contributed by atoms with van der Waals surface area (Å²) >= 11 is 3.27. The van der Waals surface area contributed by atoms with Crippen molar-refractivity contribution < 1.29 is 19.1 Å². The molecule has 0 heterocycles. The quantitative estimate of drug-likeness (QED) is 0.760. The summed E-state index contributed by atoms with van der Waals surface area (Å²) in [4.78, 5) is 35.3. The maximum Gasteiger partial charge on any atom is 0.326 e. The third-order valence-electron chi connectivity index (χ3n) is 2.68. The molecule has 1 aromatic carbocycles. The normalized spacial score (nSPS) is 12.2. The molecule has 0 saturated heterocycles. The zero-order valence-corrected chi connectivity index (χ0v) is 15.2. The van der Waals surface area contributed by atoms with Gasteiger partial charge >= 0.3 is 5.97 Å². The van der Waals surface area contributed by atoms with E-state index in [-0.39, 0.29) is 18.4 Å². The standard InChI is InChI=1S/C16H21BrN2O4/c1-10(14(21)19-16(2,3)4)23-13(20)9-18-15(22)11-5-7-12(17)8-6-11/h5-8,10H,9H2,1-4H3,(H,18,22)(H,19,21). The first kappa shape index (κ1) is 19.2. The lowest BCUT2D eigenvalue weighted by atomic mass is 10.1. The summed E-state index contributed by atoms with van der Waals surface area (Å²) in [5.41, 5.74) is 0.0209. The molecular weight excluding hydrogens is 364 g/mol. The van der Waals surface area contributed by atoms with Gasteiger partial charge in [0.1, 0.15) is 6.54 Å². The first-order valence-electron chi connectivity index (χ1n) is 7.14. The van der Waals surface area contributed by atoms with Crippen LogP contribution in [-0.4, -0.2) is 36.0 Å². The smallest absolute Gasteiger partial charge is 0.326 e. The van der Waals surface area contributed by atoms with Crippen LogP contribution in [0.3, 0.4) is 0 Å². The highest BCUT2D eigenvalue weighted by molar-refractivity contribution is 9.10. The Morgan fingerprint density at radius 1 is 1.17 bits per heavy atom. The largest absolute Gasteiger partial charge is 0.451 e. The predicted octanol–water partition coefficient (Wildman–Crippen LogP) is 2.03. The fourth-order valence-corrected chi connectivity index (χ4v) is 1.88. The van der Waals surface area contributed by atoms with Crippen molar-refractivity contribution in [2.24, 2.45) is 0 Å². The van der Waals surface area contributed by atoms with Crippen LogP contribution < -0.4 is 10.6 Å². The van der Waals surface area contributed by atoms with Gasteiger partial charge in [0.25, 0.3) is 11.8 Å². The van der Waals surface area contributed by atoms with Gasteiger partial charge in [0, 0.05) is 15.6 Å². The number of carbonyl (C=O) groups excluding carboxylic acids is 3. The van der Waals surface area contributed by atoms with Crippen molar-refractivity contribution in [2.75, 3.05) is 6.54 Å². The first-order valence-corrected chi connectivity index (χ1v) is 7.93. The number of carbonyl (C=O) groups is 3. The fraction of sp³-hybridized carbons (Fsp3) is 0.438. The lowest BCUT2D eigenvalue weighted by molar-refractivity contribution is -0.154.